The van der Waals surface area contributed by atoms with E-state index in [2.05, 4.69) is 4.98 Å². The summed E-state index contributed by atoms with van der Waals surface area (Å²) >= 11 is 17.8. The van der Waals surface area contributed by atoms with Crippen molar-refractivity contribution in [3.05, 3.63) is 27.0 Å². The van der Waals surface area contributed by atoms with Gasteiger partial charge in [0, 0.05) is 25.4 Å². The molecule has 1 aromatic rings. The molecule has 1 aliphatic carbocycles. The largest absolute Gasteiger partial charge is 0.396 e. The zero-order valence-electron chi connectivity index (χ0n) is 10.8. The van der Waals surface area contributed by atoms with Gasteiger partial charge >= 0.3 is 0 Å². The van der Waals surface area contributed by atoms with Crippen LogP contribution >= 0.6 is 34.8 Å². The maximum Gasteiger partial charge on any atom is 0.274 e. The number of carbonyl (C=O) groups is 1. The third kappa shape index (κ3) is 3.19. The third-order valence-corrected chi connectivity index (χ3v) is 4.69. The number of hydrogen-bond acceptors (Lipinski definition) is 3. The lowest BCUT2D eigenvalue weighted by atomic mass is 9.91. The first-order chi connectivity index (χ1) is 9.56. The number of nitrogens with zero attached hydrogens (tertiary/aromatic N) is 2. The summed E-state index contributed by atoms with van der Waals surface area (Å²) in [4.78, 5) is 18.3. The van der Waals surface area contributed by atoms with E-state index in [0.29, 0.717) is 13.0 Å². The van der Waals surface area contributed by atoms with Gasteiger partial charge in [-0.05, 0) is 25.7 Å². The van der Waals surface area contributed by atoms with E-state index in [1.165, 1.54) is 6.20 Å². The molecule has 20 heavy (non-hydrogen) atoms. The van der Waals surface area contributed by atoms with Gasteiger partial charge in [-0.25, -0.2) is 4.98 Å². The molecule has 0 atom stereocenters. The van der Waals surface area contributed by atoms with Gasteiger partial charge in [0.05, 0.1) is 15.1 Å². The number of aliphatic hydroxyl groups is 1. The quantitative estimate of drug-likeness (QED) is 0.895. The molecule has 4 nitrogen and oxygen atoms in total. The maximum absolute atomic E-state index is 12.6. The van der Waals surface area contributed by atoms with Crippen molar-refractivity contribution in [3.63, 3.8) is 0 Å². The van der Waals surface area contributed by atoms with Gasteiger partial charge < -0.3 is 10.0 Å². The summed E-state index contributed by atoms with van der Waals surface area (Å²) in [6.45, 7) is 0.525. The predicted octanol–water partition coefficient (Wildman–Crippen LogP) is 3.42. The molecular formula is C13H15Cl3N2O2. The third-order valence-electron chi connectivity index (χ3n) is 3.45. The number of halogens is 3. The number of hydrogen-bond donors (Lipinski definition) is 1. The second-order valence-corrected chi connectivity index (χ2v) is 5.91. The van der Waals surface area contributed by atoms with Crippen molar-refractivity contribution >= 4 is 40.7 Å². The van der Waals surface area contributed by atoms with Crippen LogP contribution in [-0.4, -0.2) is 40.1 Å². The Morgan fingerprint density at radius 3 is 2.60 bits per heavy atom. The van der Waals surface area contributed by atoms with Gasteiger partial charge in [-0.1, -0.05) is 34.8 Å². The van der Waals surface area contributed by atoms with Crippen LogP contribution in [0.15, 0.2) is 6.20 Å². The van der Waals surface area contributed by atoms with Crippen LogP contribution in [0.2, 0.25) is 15.1 Å². The summed E-state index contributed by atoms with van der Waals surface area (Å²) < 4.78 is 0. The molecule has 1 heterocycles. The van der Waals surface area contributed by atoms with E-state index in [0.717, 1.165) is 19.3 Å². The predicted molar refractivity (Wildman–Crippen MR) is 79.6 cm³/mol. The maximum atomic E-state index is 12.6. The van der Waals surface area contributed by atoms with Crippen LogP contribution in [0.1, 0.15) is 36.2 Å². The van der Waals surface area contributed by atoms with Gasteiger partial charge in [0.1, 0.15) is 5.69 Å². The van der Waals surface area contributed by atoms with Crippen LogP contribution in [0.4, 0.5) is 0 Å². The van der Waals surface area contributed by atoms with E-state index in [1.54, 1.807) is 4.90 Å². The zero-order chi connectivity index (χ0) is 14.7. The highest BCUT2D eigenvalue weighted by molar-refractivity contribution is 6.48. The Balaban J connectivity index is 2.24. The van der Waals surface area contributed by atoms with Crippen molar-refractivity contribution in [1.29, 1.82) is 0 Å². The molecule has 7 heteroatoms. The lowest BCUT2D eigenvalue weighted by Gasteiger charge is -2.37. The van der Waals surface area contributed by atoms with E-state index in [9.17, 15) is 4.79 Å². The fourth-order valence-corrected chi connectivity index (χ4v) is 2.68. The Bertz CT molecular complexity index is 507. The number of carbonyl (C=O) groups excluding carboxylic acids is 1. The molecule has 1 amide bonds. The normalized spacial score (nSPS) is 15.0. The summed E-state index contributed by atoms with van der Waals surface area (Å²) in [7, 11) is 0. The second kappa shape index (κ2) is 6.94. The number of aromatic nitrogens is 1. The van der Waals surface area contributed by atoms with Crippen LogP contribution in [0.5, 0.6) is 0 Å². The molecule has 0 radical (unpaired) electrons. The lowest BCUT2D eigenvalue weighted by Crippen LogP contribution is -2.45. The van der Waals surface area contributed by atoms with Crippen molar-refractivity contribution in [3.8, 4) is 0 Å². The Hall–Kier alpha value is -0.550. The summed E-state index contributed by atoms with van der Waals surface area (Å²) in [6, 6.07) is 0.196. The molecule has 0 bridgehead atoms. The molecule has 1 aromatic heterocycles. The average Bonchev–Trinajstić information content (AvgIpc) is 2.38. The Labute approximate surface area is 132 Å². The van der Waals surface area contributed by atoms with Crippen molar-refractivity contribution in [1.82, 2.24) is 9.88 Å². The highest BCUT2D eigenvalue weighted by atomic mass is 35.5. The molecule has 0 saturated heterocycles. The zero-order valence-corrected chi connectivity index (χ0v) is 13.0. The molecular weight excluding hydrogens is 323 g/mol. The van der Waals surface area contributed by atoms with Crippen molar-refractivity contribution < 1.29 is 9.90 Å². The standard InChI is InChI=1S/C13H15Cl3N2O2/c14-9-7-17-12(11(16)10(9)15)13(20)18(5-2-6-19)8-3-1-4-8/h7-8,19H,1-6H2. The van der Waals surface area contributed by atoms with E-state index in [-0.39, 0.29) is 39.3 Å². The molecule has 0 unspecified atom stereocenters. The molecule has 1 aliphatic rings. The highest BCUT2D eigenvalue weighted by Crippen LogP contribution is 2.33. The van der Waals surface area contributed by atoms with Crippen LogP contribution in [0.3, 0.4) is 0 Å². The van der Waals surface area contributed by atoms with E-state index in [4.69, 9.17) is 39.9 Å². The minimum Gasteiger partial charge on any atom is -0.396 e. The smallest absolute Gasteiger partial charge is 0.274 e. The first kappa shape index (κ1) is 15.8. The Morgan fingerprint density at radius 2 is 2.05 bits per heavy atom. The van der Waals surface area contributed by atoms with Gasteiger partial charge in [-0.15, -0.1) is 0 Å². The van der Waals surface area contributed by atoms with Crippen LogP contribution in [0, 0.1) is 0 Å². The van der Waals surface area contributed by atoms with Gasteiger partial charge in [-0.2, -0.15) is 0 Å². The van der Waals surface area contributed by atoms with Gasteiger partial charge in [0.15, 0.2) is 0 Å². The van der Waals surface area contributed by atoms with E-state index >= 15 is 0 Å². The van der Waals surface area contributed by atoms with E-state index in [1.807, 2.05) is 0 Å². The first-order valence-electron chi connectivity index (χ1n) is 6.47. The fraction of sp³-hybridized carbons (Fsp3) is 0.538. The average molecular weight is 338 g/mol. The molecule has 1 fully saturated rings. The SMILES string of the molecule is O=C(c1ncc(Cl)c(Cl)c1Cl)N(CCCO)C1CCC1. The lowest BCUT2D eigenvalue weighted by molar-refractivity contribution is 0.0556. The van der Waals surface area contributed by atoms with Crippen molar-refractivity contribution in [2.45, 2.75) is 31.7 Å². The molecule has 0 spiro atoms. The van der Waals surface area contributed by atoms with Crippen LogP contribution in [0.25, 0.3) is 0 Å². The van der Waals surface area contributed by atoms with Gasteiger partial charge in [-0.3, -0.25) is 4.79 Å². The van der Waals surface area contributed by atoms with E-state index < -0.39 is 0 Å². The molecule has 2 rings (SSSR count). The van der Waals surface area contributed by atoms with Gasteiger partial charge in [0.25, 0.3) is 5.91 Å². The summed E-state index contributed by atoms with van der Waals surface area (Å²) in [5, 5.41) is 9.40. The Morgan fingerprint density at radius 1 is 1.35 bits per heavy atom. The van der Waals surface area contributed by atoms with Crippen molar-refractivity contribution in [2.24, 2.45) is 0 Å². The number of aliphatic hydroxyl groups excluding tert-OH is 1. The van der Waals surface area contributed by atoms with Crippen LogP contribution < -0.4 is 0 Å². The number of pyridine rings is 1. The Kier molecular flexibility index (Phi) is 5.49. The molecule has 1 saturated carbocycles. The van der Waals surface area contributed by atoms with Crippen molar-refractivity contribution in [2.75, 3.05) is 13.2 Å². The summed E-state index contributed by atoms with van der Waals surface area (Å²) in [5.41, 5.74) is 0.117. The minimum absolute atomic E-state index is 0.0407. The highest BCUT2D eigenvalue weighted by Gasteiger charge is 2.31. The van der Waals surface area contributed by atoms with Gasteiger partial charge in [0.2, 0.25) is 0 Å². The monoisotopic (exact) mass is 336 g/mol. The number of rotatable bonds is 5. The molecule has 110 valence electrons. The fourth-order valence-electron chi connectivity index (χ4n) is 2.12. The van der Waals surface area contributed by atoms with Crippen LogP contribution in [-0.2, 0) is 0 Å². The molecule has 0 aromatic carbocycles. The summed E-state index contributed by atoms with van der Waals surface area (Å²) in [6.07, 6.45) is 4.90. The molecule has 0 aliphatic heterocycles. The number of amides is 1. The molecule has 1 N–H and O–H groups in total. The minimum atomic E-state index is -0.258. The topological polar surface area (TPSA) is 53.4 Å². The first-order valence-corrected chi connectivity index (χ1v) is 7.61. The second-order valence-electron chi connectivity index (χ2n) is 4.74. The summed E-state index contributed by atoms with van der Waals surface area (Å²) in [5.74, 6) is -0.258.